The zero-order valence-corrected chi connectivity index (χ0v) is 14.6. The maximum absolute atomic E-state index is 12.6. The van der Waals surface area contributed by atoms with E-state index in [0.29, 0.717) is 12.3 Å². The number of nitrogens with one attached hydrogen (secondary N) is 1. The lowest BCUT2D eigenvalue weighted by Crippen LogP contribution is -2.16. The minimum atomic E-state index is -0.219. The summed E-state index contributed by atoms with van der Waals surface area (Å²) < 4.78 is 1.91. The molecule has 5 nitrogen and oxygen atoms in total. The first-order chi connectivity index (χ1) is 12.7. The first kappa shape index (κ1) is 15.3. The van der Waals surface area contributed by atoms with Crippen molar-refractivity contribution >= 4 is 11.6 Å². The van der Waals surface area contributed by atoms with E-state index in [1.54, 1.807) is 0 Å². The molecule has 1 aliphatic heterocycles. The van der Waals surface area contributed by atoms with Crippen LogP contribution in [0, 0.1) is 6.92 Å². The maximum atomic E-state index is 12.6. The summed E-state index contributed by atoms with van der Waals surface area (Å²) in [6.45, 7) is 2.05. The van der Waals surface area contributed by atoms with Crippen molar-refractivity contribution in [2.45, 2.75) is 38.0 Å². The number of benzene rings is 2. The minimum Gasteiger partial charge on any atom is -0.325 e. The van der Waals surface area contributed by atoms with Gasteiger partial charge in [-0.05, 0) is 43.5 Å². The smallest absolute Gasteiger partial charge is 0.232 e. The molecule has 0 spiro atoms. The number of aryl methyl sites for hydroxylation is 1. The van der Waals surface area contributed by atoms with Crippen LogP contribution in [0.15, 0.2) is 48.5 Å². The number of rotatable bonds is 4. The zero-order chi connectivity index (χ0) is 17.7. The Balaban J connectivity index is 1.55. The highest BCUT2D eigenvalue weighted by Crippen LogP contribution is 2.39. The molecule has 1 amide bonds. The van der Waals surface area contributed by atoms with Gasteiger partial charge in [-0.3, -0.25) is 4.79 Å². The van der Waals surface area contributed by atoms with Crippen LogP contribution in [0.25, 0.3) is 5.69 Å². The third-order valence-corrected chi connectivity index (χ3v) is 5.18. The molecule has 26 heavy (non-hydrogen) atoms. The van der Waals surface area contributed by atoms with Crippen LogP contribution in [0.2, 0.25) is 0 Å². The van der Waals surface area contributed by atoms with Gasteiger partial charge >= 0.3 is 0 Å². The normalized spacial score (nSPS) is 18.7. The molecule has 0 bridgehead atoms. The molecule has 5 heteroatoms. The fourth-order valence-electron chi connectivity index (χ4n) is 3.62. The number of para-hydroxylation sites is 1. The molecule has 3 aromatic rings. The van der Waals surface area contributed by atoms with E-state index >= 15 is 0 Å². The van der Waals surface area contributed by atoms with Crippen molar-refractivity contribution in [1.82, 2.24) is 14.8 Å². The molecular formula is C21H20N4O. The number of carbonyl (C=O) groups excluding carboxylic acids is 1. The van der Waals surface area contributed by atoms with Gasteiger partial charge in [0.1, 0.15) is 5.82 Å². The summed E-state index contributed by atoms with van der Waals surface area (Å²) in [6.07, 6.45) is 2.87. The lowest BCUT2D eigenvalue weighted by atomic mass is 9.95. The number of amides is 1. The summed E-state index contributed by atoms with van der Waals surface area (Å²) in [7, 11) is 0. The SMILES string of the molecule is Cc1ccc2c(c1)C(Cc1nc(C3CC3)nn1-c1ccccc1)C(=O)N2. The van der Waals surface area contributed by atoms with Crippen LogP contribution in [-0.2, 0) is 11.2 Å². The van der Waals surface area contributed by atoms with Crippen LogP contribution in [0.1, 0.15) is 47.5 Å². The molecule has 1 aromatic heterocycles. The molecule has 0 saturated heterocycles. The number of anilines is 1. The summed E-state index contributed by atoms with van der Waals surface area (Å²) in [5.41, 5.74) is 4.13. The number of fused-ring (bicyclic) bond motifs is 1. The molecule has 1 fully saturated rings. The van der Waals surface area contributed by atoms with Crippen molar-refractivity contribution < 1.29 is 4.79 Å². The molecule has 1 unspecified atom stereocenters. The molecule has 1 aliphatic carbocycles. The lowest BCUT2D eigenvalue weighted by Gasteiger charge is -2.10. The van der Waals surface area contributed by atoms with Gasteiger partial charge in [-0.25, -0.2) is 9.67 Å². The zero-order valence-electron chi connectivity index (χ0n) is 14.6. The van der Waals surface area contributed by atoms with Crippen LogP contribution in [-0.4, -0.2) is 20.7 Å². The summed E-state index contributed by atoms with van der Waals surface area (Å²) in [5.74, 6) is 2.06. The summed E-state index contributed by atoms with van der Waals surface area (Å²) in [4.78, 5) is 17.4. The fourth-order valence-corrected chi connectivity index (χ4v) is 3.62. The molecule has 2 aliphatic rings. The second-order valence-electron chi connectivity index (χ2n) is 7.24. The van der Waals surface area contributed by atoms with Crippen molar-refractivity contribution in [3.05, 3.63) is 71.3 Å². The Bertz CT molecular complexity index is 989. The first-order valence-corrected chi connectivity index (χ1v) is 9.12. The first-order valence-electron chi connectivity index (χ1n) is 9.12. The number of carbonyl (C=O) groups is 1. The van der Waals surface area contributed by atoms with E-state index < -0.39 is 0 Å². The van der Waals surface area contributed by atoms with Gasteiger partial charge in [-0.2, -0.15) is 5.10 Å². The fraction of sp³-hybridized carbons (Fsp3) is 0.286. The number of hydrogen-bond acceptors (Lipinski definition) is 3. The standard InChI is InChI=1S/C21H20N4O/c1-13-7-10-18-16(11-13)17(21(26)22-18)12-19-23-20(14-8-9-14)24-25(19)15-5-3-2-4-6-15/h2-7,10-11,14,17H,8-9,12H2,1H3,(H,22,26). The topological polar surface area (TPSA) is 59.8 Å². The average molecular weight is 344 g/mol. The Labute approximate surface area is 152 Å². The van der Waals surface area contributed by atoms with Crippen molar-refractivity contribution in [3.63, 3.8) is 0 Å². The predicted molar refractivity (Wildman–Crippen MR) is 99.6 cm³/mol. The van der Waals surface area contributed by atoms with Gasteiger partial charge in [0.2, 0.25) is 5.91 Å². The minimum absolute atomic E-state index is 0.0428. The van der Waals surface area contributed by atoms with Gasteiger partial charge in [0.25, 0.3) is 0 Å². The van der Waals surface area contributed by atoms with E-state index in [1.807, 2.05) is 47.1 Å². The van der Waals surface area contributed by atoms with Gasteiger partial charge in [-0.1, -0.05) is 35.9 Å². The van der Waals surface area contributed by atoms with E-state index in [1.165, 1.54) is 0 Å². The van der Waals surface area contributed by atoms with Gasteiger partial charge in [0, 0.05) is 18.0 Å². The molecule has 0 radical (unpaired) electrons. The largest absolute Gasteiger partial charge is 0.325 e. The van der Waals surface area contributed by atoms with Gasteiger partial charge in [0.15, 0.2) is 5.82 Å². The highest BCUT2D eigenvalue weighted by atomic mass is 16.2. The number of nitrogens with zero attached hydrogens (tertiary/aromatic N) is 3. The van der Waals surface area contributed by atoms with E-state index in [2.05, 4.69) is 18.3 Å². The van der Waals surface area contributed by atoms with E-state index in [9.17, 15) is 4.79 Å². The third kappa shape index (κ3) is 2.60. The Hall–Kier alpha value is -2.95. The summed E-state index contributed by atoms with van der Waals surface area (Å²) in [6, 6.07) is 16.2. The quantitative estimate of drug-likeness (QED) is 0.784. The van der Waals surface area contributed by atoms with Gasteiger partial charge in [0.05, 0.1) is 11.6 Å². The second kappa shape index (κ2) is 5.80. The Morgan fingerprint density at radius 2 is 1.96 bits per heavy atom. The van der Waals surface area contributed by atoms with E-state index in [-0.39, 0.29) is 11.8 Å². The molecule has 5 rings (SSSR count). The lowest BCUT2D eigenvalue weighted by molar-refractivity contribution is -0.117. The summed E-state index contributed by atoms with van der Waals surface area (Å²) in [5, 5.41) is 7.76. The Morgan fingerprint density at radius 1 is 1.15 bits per heavy atom. The number of hydrogen-bond donors (Lipinski definition) is 1. The molecule has 1 atom stereocenters. The molecule has 130 valence electrons. The highest BCUT2D eigenvalue weighted by molar-refractivity contribution is 6.03. The maximum Gasteiger partial charge on any atom is 0.232 e. The van der Waals surface area contributed by atoms with Crippen LogP contribution in [0.4, 0.5) is 5.69 Å². The van der Waals surface area contributed by atoms with Crippen LogP contribution in [0.5, 0.6) is 0 Å². The van der Waals surface area contributed by atoms with Crippen molar-refractivity contribution in [2.24, 2.45) is 0 Å². The number of aromatic nitrogens is 3. The molecule has 2 aromatic carbocycles. The second-order valence-corrected chi connectivity index (χ2v) is 7.24. The van der Waals surface area contributed by atoms with E-state index in [0.717, 1.165) is 47.0 Å². The van der Waals surface area contributed by atoms with Crippen LogP contribution >= 0.6 is 0 Å². The molecule has 1 saturated carbocycles. The van der Waals surface area contributed by atoms with Crippen molar-refractivity contribution in [3.8, 4) is 5.69 Å². The molecule has 2 heterocycles. The van der Waals surface area contributed by atoms with Crippen LogP contribution in [0.3, 0.4) is 0 Å². The monoisotopic (exact) mass is 344 g/mol. The summed E-state index contributed by atoms with van der Waals surface area (Å²) >= 11 is 0. The predicted octanol–water partition coefficient (Wildman–Crippen LogP) is 3.73. The van der Waals surface area contributed by atoms with Gasteiger partial charge < -0.3 is 5.32 Å². The molecular weight excluding hydrogens is 324 g/mol. The van der Waals surface area contributed by atoms with Crippen LogP contribution < -0.4 is 5.32 Å². The van der Waals surface area contributed by atoms with Crippen molar-refractivity contribution in [2.75, 3.05) is 5.32 Å². The average Bonchev–Trinajstić information content (AvgIpc) is 3.35. The highest BCUT2D eigenvalue weighted by Gasteiger charge is 2.34. The third-order valence-electron chi connectivity index (χ3n) is 5.18. The molecule has 1 N–H and O–H groups in total. The Morgan fingerprint density at radius 3 is 2.73 bits per heavy atom. The Kier molecular flexibility index (Phi) is 3.42. The van der Waals surface area contributed by atoms with E-state index in [4.69, 9.17) is 10.1 Å². The van der Waals surface area contributed by atoms with Crippen molar-refractivity contribution in [1.29, 1.82) is 0 Å². The van der Waals surface area contributed by atoms with Gasteiger partial charge in [-0.15, -0.1) is 0 Å².